The third kappa shape index (κ3) is 4.00. The molecule has 0 spiro atoms. The van der Waals surface area contributed by atoms with E-state index in [0.29, 0.717) is 12.1 Å². The van der Waals surface area contributed by atoms with E-state index >= 15 is 0 Å². The van der Waals surface area contributed by atoms with Crippen LogP contribution in [0.1, 0.15) is 28.8 Å². The van der Waals surface area contributed by atoms with Crippen molar-refractivity contribution in [3.63, 3.8) is 0 Å². The smallest absolute Gasteiger partial charge is 0.251 e. The van der Waals surface area contributed by atoms with Crippen LogP contribution < -0.4 is 10.2 Å². The Hall–Kier alpha value is -2.21. The van der Waals surface area contributed by atoms with Gasteiger partial charge in [0.2, 0.25) is 0 Å². The molecule has 0 saturated carbocycles. The number of aromatic nitrogens is 1. The van der Waals surface area contributed by atoms with Gasteiger partial charge in [0.1, 0.15) is 5.82 Å². The van der Waals surface area contributed by atoms with Crippen molar-refractivity contribution >= 4 is 22.5 Å². The highest BCUT2D eigenvalue weighted by Gasteiger charge is 2.14. The number of anilines is 1. The monoisotopic (exact) mass is 343 g/mol. The first-order valence-corrected chi connectivity index (χ1v) is 9.61. The number of carbonyl (C=O) groups is 1. The van der Waals surface area contributed by atoms with Crippen LogP contribution in [0.5, 0.6) is 0 Å². The summed E-state index contributed by atoms with van der Waals surface area (Å²) in [4.78, 5) is 19.6. The van der Waals surface area contributed by atoms with Gasteiger partial charge in [-0.2, -0.15) is 0 Å². The Bertz CT molecular complexity index is 740. The Balaban J connectivity index is 1.61. The third-order valence-corrected chi connectivity index (χ3v) is 5.08. The Morgan fingerprint density at radius 3 is 2.58 bits per heavy atom. The molecule has 1 aromatic heterocycles. The summed E-state index contributed by atoms with van der Waals surface area (Å²) in [5, 5.41) is 2.92. The molecule has 6 heteroatoms. The molecule has 2 heterocycles. The fourth-order valence-corrected chi connectivity index (χ4v) is 3.29. The molecule has 5 nitrogen and oxygen atoms in total. The maximum absolute atomic E-state index is 12.2. The van der Waals surface area contributed by atoms with Crippen molar-refractivity contribution in [2.24, 2.45) is 0 Å². The minimum absolute atomic E-state index is 0.136. The van der Waals surface area contributed by atoms with Crippen LogP contribution in [0.15, 0.2) is 47.5 Å². The van der Waals surface area contributed by atoms with Crippen LogP contribution in [-0.4, -0.2) is 34.4 Å². The fraction of sp³-hybridized carbons (Fsp3) is 0.333. The molecule has 3 rings (SSSR count). The molecular weight excluding hydrogens is 322 g/mol. The molecule has 1 aliphatic rings. The minimum Gasteiger partial charge on any atom is -0.357 e. The van der Waals surface area contributed by atoms with Crippen molar-refractivity contribution < 1.29 is 9.00 Å². The summed E-state index contributed by atoms with van der Waals surface area (Å²) in [6.07, 6.45) is 5.83. The summed E-state index contributed by atoms with van der Waals surface area (Å²) in [7, 11) is -1.03. The largest absolute Gasteiger partial charge is 0.357 e. The number of benzene rings is 1. The predicted molar refractivity (Wildman–Crippen MR) is 95.6 cm³/mol. The van der Waals surface area contributed by atoms with Gasteiger partial charge in [-0.1, -0.05) is 0 Å². The van der Waals surface area contributed by atoms with Crippen LogP contribution in [0.2, 0.25) is 0 Å². The maximum atomic E-state index is 12.2. The second-order valence-electron chi connectivity index (χ2n) is 5.88. The van der Waals surface area contributed by atoms with E-state index in [2.05, 4.69) is 15.2 Å². The lowest BCUT2D eigenvalue weighted by molar-refractivity contribution is 0.0951. The summed E-state index contributed by atoms with van der Waals surface area (Å²) in [6.45, 7) is 2.56. The number of pyridine rings is 1. The first-order valence-electron chi connectivity index (χ1n) is 8.05. The Labute approximate surface area is 144 Å². The summed E-state index contributed by atoms with van der Waals surface area (Å²) < 4.78 is 11.4. The van der Waals surface area contributed by atoms with Crippen LogP contribution >= 0.6 is 0 Å². The van der Waals surface area contributed by atoms with Gasteiger partial charge >= 0.3 is 0 Å². The van der Waals surface area contributed by atoms with E-state index in [1.54, 1.807) is 36.7 Å². The molecule has 1 fully saturated rings. The number of hydrogen-bond donors (Lipinski definition) is 1. The second kappa shape index (κ2) is 7.57. The maximum Gasteiger partial charge on any atom is 0.251 e. The Morgan fingerprint density at radius 2 is 1.92 bits per heavy atom. The summed E-state index contributed by atoms with van der Waals surface area (Å²) in [5.74, 6) is 0.844. The number of nitrogens with zero attached hydrogens (tertiary/aromatic N) is 2. The van der Waals surface area contributed by atoms with Crippen molar-refractivity contribution in [3.05, 3.63) is 53.7 Å². The zero-order chi connectivity index (χ0) is 16.9. The van der Waals surface area contributed by atoms with Crippen molar-refractivity contribution in [3.8, 4) is 0 Å². The molecule has 1 N–H and O–H groups in total. The fourth-order valence-electron chi connectivity index (χ4n) is 2.77. The van der Waals surface area contributed by atoms with Gasteiger partial charge in [0.15, 0.2) is 0 Å². The van der Waals surface area contributed by atoms with Gasteiger partial charge < -0.3 is 10.2 Å². The van der Waals surface area contributed by atoms with E-state index in [9.17, 15) is 9.00 Å². The third-order valence-electron chi connectivity index (χ3n) is 4.14. The first kappa shape index (κ1) is 16.6. The molecule has 1 amide bonds. The first-order chi connectivity index (χ1) is 11.6. The molecule has 126 valence electrons. The lowest BCUT2D eigenvalue weighted by atomic mass is 10.2. The van der Waals surface area contributed by atoms with Gasteiger partial charge in [-0.25, -0.2) is 4.98 Å². The standard InChI is InChI=1S/C18H21N3O2S/c1-24(23)16-6-4-15(5-7-16)18(22)20-13-14-8-9-19-17(12-14)21-10-2-3-11-21/h4-9,12H,2-3,10-11,13H2,1H3,(H,20,22)/t24-/m0/s1. The van der Waals surface area contributed by atoms with E-state index in [-0.39, 0.29) is 5.91 Å². The van der Waals surface area contributed by atoms with Gasteiger partial charge in [-0.15, -0.1) is 0 Å². The summed E-state index contributed by atoms with van der Waals surface area (Å²) >= 11 is 0. The van der Waals surface area contributed by atoms with Gasteiger partial charge in [0.25, 0.3) is 5.91 Å². The van der Waals surface area contributed by atoms with Crippen LogP contribution in [0.25, 0.3) is 0 Å². The van der Waals surface area contributed by atoms with Crippen molar-refractivity contribution in [2.75, 3.05) is 24.2 Å². The van der Waals surface area contributed by atoms with Gasteiger partial charge in [0.05, 0.1) is 0 Å². The van der Waals surface area contributed by atoms with Crippen molar-refractivity contribution in [2.45, 2.75) is 24.3 Å². The molecule has 0 radical (unpaired) electrons. The molecule has 0 aliphatic carbocycles. The van der Waals surface area contributed by atoms with E-state index in [0.717, 1.165) is 29.4 Å². The molecule has 2 aromatic rings. The highest BCUT2D eigenvalue weighted by molar-refractivity contribution is 7.84. The van der Waals surface area contributed by atoms with E-state index in [4.69, 9.17) is 0 Å². The number of rotatable bonds is 5. The van der Waals surface area contributed by atoms with Crippen molar-refractivity contribution in [1.29, 1.82) is 0 Å². The van der Waals surface area contributed by atoms with E-state index < -0.39 is 10.8 Å². The zero-order valence-electron chi connectivity index (χ0n) is 13.7. The minimum atomic E-state index is -1.03. The van der Waals surface area contributed by atoms with Gasteiger partial charge in [-0.3, -0.25) is 9.00 Å². The molecular formula is C18H21N3O2S. The highest BCUT2D eigenvalue weighted by atomic mass is 32.2. The lowest BCUT2D eigenvalue weighted by Crippen LogP contribution is -2.23. The molecule has 1 saturated heterocycles. The number of amides is 1. The Morgan fingerprint density at radius 1 is 1.21 bits per heavy atom. The average Bonchev–Trinajstić information content (AvgIpc) is 3.15. The van der Waals surface area contributed by atoms with Gasteiger partial charge in [-0.05, 0) is 54.8 Å². The lowest BCUT2D eigenvalue weighted by Gasteiger charge is -2.17. The van der Waals surface area contributed by atoms with E-state index in [1.807, 2.05) is 12.1 Å². The highest BCUT2D eigenvalue weighted by Crippen LogP contribution is 2.18. The van der Waals surface area contributed by atoms with Crippen LogP contribution in [-0.2, 0) is 17.3 Å². The molecule has 0 unspecified atom stereocenters. The summed E-state index contributed by atoms with van der Waals surface area (Å²) in [5.41, 5.74) is 1.60. The SMILES string of the molecule is C[S@](=O)c1ccc(C(=O)NCc2ccnc(N3CCCC3)c2)cc1. The zero-order valence-corrected chi connectivity index (χ0v) is 14.5. The second-order valence-corrected chi connectivity index (χ2v) is 7.26. The van der Waals surface area contributed by atoms with E-state index in [1.165, 1.54) is 12.8 Å². The summed E-state index contributed by atoms with van der Waals surface area (Å²) in [6, 6.07) is 10.8. The van der Waals surface area contributed by atoms with Gasteiger partial charge in [0, 0.05) is 53.3 Å². The predicted octanol–water partition coefficient (Wildman–Crippen LogP) is 2.35. The topological polar surface area (TPSA) is 62.3 Å². The normalized spacial score (nSPS) is 15.3. The van der Waals surface area contributed by atoms with Crippen LogP contribution in [0.4, 0.5) is 5.82 Å². The molecule has 1 atom stereocenters. The number of nitrogens with one attached hydrogen (secondary N) is 1. The van der Waals surface area contributed by atoms with Crippen LogP contribution in [0.3, 0.4) is 0 Å². The molecule has 0 bridgehead atoms. The van der Waals surface area contributed by atoms with Crippen LogP contribution in [0, 0.1) is 0 Å². The molecule has 1 aromatic carbocycles. The molecule has 24 heavy (non-hydrogen) atoms. The molecule has 1 aliphatic heterocycles. The quantitative estimate of drug-likeness (QED) is 0.905. The average molecular weight is 343 g/mol. The number of hydrogen-bond acceptors (Lipinski definition) is 4. The number of carbonyl (C=O) groups excluding carboxylic acids is 1. The Kier molecular flexibility index (Phi) is 5.25. The van der Waals surface area contributed by atoms with Crippen molar-refractivity contribution in [1.82, 2.24) is 10.3 Å².